The van der Waals surface area contributed by atoms with Gasteiger partial charge in [-0.15, -0.1) is 13.2 Å². The molecule has 0 radical (unpaired) electrons. The van der Waals surface area contributed by atoms with Crippen molar-refractivity contribution in [1.82, 2.24) is 19.7 Å². The Hall–Kier alpha value is -4.14. The standard InChI is InChI=1S/C24H22F5N5O5/c1-11-6-13-15(8-31-11)34(32-20(13)23(30)37)10-18(36)33-9-14(25)22(38-2)21(33)16(35)7-12-4-3-5-17(19(12)26)39-24(27,28)29/h3-6,8,14,21-22H,7,9-10H2,1-2H3,(H2,30,37)/t14-,21+,22+/m0/s1. The molecular weight excluding hydrogens is 533 g/mol. The van der Waals surface area contributed by atoms with Gasteiger partial charge < -0.3 is 20.1 Å². The zero-order chi connectivity index (χ0) is 28.6. The number of pyridine rings is 1. The van der Waals surface area contributed by atoms with Crippen molar-refractivity contribution in [2.75, 3.05) is 13.7 Å². The summed E-state index contributed by atoms with van der Waals surface area (Å²) in [5, 5.41) is 4.42. The van der Waals surface area contributed by atoms with Crippen molar-refractivity contribution in [3.05, 3.63) is 53.2 Å². The van der Waals surface area contributed by atoms with Crippen LogP contribution in [-0.4, -0.2) is 75.6 Å². The molecule has 10 nitrogen and oxygen atoms in total. The van der Waals surface area contributed by atoms with E-state index in [0.717, 1.165) is 34.9 Å². The lowest BCUT2D eigenvalue weighted by atomic mass is 9.99. The van der Waals surface area contributed by atoms with Crippen LogP contribution < -0.4 is 10.5 Å². The summed E-state index contributed by atoms with van der Waals surface area (Å²) in [5.41, 5.74) is 5.68. The minimum absolute atomic E-state index is 0.119. The number of alkyl halides is 4. The largest absolute Gasteiger partial charge is 0.573 e. The van der Waals surface area contributed by atoms with Crippen LogP contribution in [0, 0.1) is 12.7 Å². The van der Waals surface area contributed by atoms with Crippen molar-refractivity contribution in [2.45, 2.75) is 44.6 Å². The summed E-state index contributed by atoms with van der Waals surface area (Å²) in [6.45, 7) is 0.588. The van der Waals surface area contributed by atoms with E-state index in [-0.39, 0.29) is 11.2 Å². The number of hydrogen-bond donors (Lipinski definition) is 1. The summed E-state index contributed by atoms with van der Waals surface area (Å²) in [5.74, 6) is -5.08. The highest BCUT2D eigenvalue weighted by Gasteiger charge is 2.48. The number of hydrogen-bond acceptors (Lipinski definition) is 7. The first kappa shape index (κ1) is 27.9. The lowest BCUT2D eigenvalue weighted by Gasteiger charge is -2.26. The maximum atomic E-state index is 14.8. The topological polar surface area (TPSA) is 130 Å². The van der Waals surface area contributed by atoms with Crippen LogP contribution in [0.15, 0.2) is 30.5 Å². The molecule has 3 atom stereocenters. The van der Waals surface area contributed by atoms with Gasteiger partial charge in [0.05, 0.1) is 18.3 Å². The van der Waals surface area contributed by atoms with E-state index in [1.54, 1.807) is 13.0 Å². The molecule has 39 heavy (non-hydrogen) atoms. The molecule has 1 saturated heterocycles. The van der Waals surface area contributed by atoms with Crippen molar-refractivity contribution in [2.24, 2.45) is 5.73 Å². The van der Waals surface area contributed by atoms with E-state index in [2.05, 4.69) is 14.8 Å². The number of benzene rings is 1. The van der Waals surface area contributed by atoms with Gasteiger partial charge in [-0.05, 0) is 24.6 Å². The zero-order valence-corrected chi connectivity index (χ0v) is 20.5. The van der Waals surface area contributed by atoms with E-state index in [0.29, 0.717) is 11.1 Å². The van der Waals surface area contributed by atoms with E-state index in [4.69, 9.17) is 10.5 Å². The average molecular weight is 555 g/mol. The summed E-state index contributed by atoms with van der Waals surface area (Å²) in [4.78, 5) is 43.4. The number of carbonyl (C=O) groups is 3. The number of likely N-dealkylation sites (tertiary alicyclic amines) is 1. The van der Waals surface area contributed by atoms with Crippen LogP contribution in [-0.2, 0) is 27.3 Å². The number of Topliss-reactive ketones (excluding diaryl/α,β-unsaturated/α-hetero) is 1. The van der Waals surface area contributed by atoms with Crippen LogP contribution in [0.5, 0.6) is 5.75 Å². The van der Waals surface area contributed by atoms with Gasteiger partial charge in [-0.25, -0.2) is 8.78 Å². The van der Waals surface area contributed by atoms with Crippen LogP contribution in [0.1, 0.15) is 21.7 Å². The molecule has 2 N–H and O–H groups in total. The van der Waals surface area contributed by atoms with Crippen molar-refractivity contribution in [3.63, 3.8) is 0 Å². The first-order chi connectivity index (χ1) is 18.3. The molecule has 1 fully saturated rings. The number of amides is 2. The Kier molecular flexibility index (Phi) is 7.54. The Labute approximate surface area is 217 Å². The van der Waals surface area contributed by atoms with Gasteiger partial charge in [-0.1, -0.05) is 12.1 Å². The van der Waals surface area contributed by atoms with E-state index in [1.807, 2.05) is 0 Å². The molecule has 3 heterocycles. The second-order valence-electron chi connectivity index (χ2n) is 8.84. The van der Waals surface area contributed by atoms with Crippen molar-refractivity contribution in [3.8, 4) is 5.75 Å². The van der Waals surface area contributed by atoms with Gasteiger partial charge in [0, 0.05) is 24.6 Å². The Morgan fingerprint density at radius 1 is 1.23 bits per heavy atom. The number of carbonyl (C=O) groups excluding carboxylic acids is 3. The smallest absolute Gasteiger partial charge is 0.403 e. The number of ketones is 1. The molecule has 1 aliphatic rings. The van der Waals surface area contributed by atoms with Crippen LogP contribution in [0.4, 0.5) is 22.0 Å². The summed E-state index contributed by atoms with van der Waals surface area (Å²) in [6, 6.07) is 2.90. The fraction of sp³-hybridized carbons (Fsp3) is 0.375. The monoisotopic (exact) mass is 555 g/mol. The van der Waals surface area contributed by atoms with Gasteiger partial charge in [-0.2, -0.15) is 5.10 Å². The lowest BCUT2D eigenvalue weighted by molar-refractivity contribution is -0.275. The number of halogens is 5. The second kappa shape index (κ2) is 10.6. The molecule has 15 heteroatoms. The highest BCUT2D eigenvalue weighted by Crippen LogP contribution is 2.30. The summed E-state index contributed by atoms with van der Waals surface area (Å²) in [6.07, 6.45) is -7.78. The molecule has 3 aromatic rings. The van der Waals surface area contributed by atoms with Gasteiger partial charge in [0.2, 0.25) is 5.91 Å². The van der Waals surface area contributed by atoms with Gasteiger partial charge in [-0.3, -0.25) is 24.0 Å². The number of fused-ring (bicyclic) bond motifs is 1. The third-order valence-corrected chi connectivity index (χ3v) is 6.22. The number of nitrogens with two attached hydrogens (primary N) is 1. The van der Waals surface area contributed by atoms with Gasteiger partial charge >= 0.3 is 6.36 Å². The van der Waals surface area contributed by atoms with Crippen LogP contribution in [0.25, 0.3) is 10.9 Å². The molecule has 0 bridgehead atoms. The number of primary amides is 1. The molecule has 0 unspecified atom stereocenters. The third kappa shape index (κ3) is 5.67. The summed E-state index contributed by atoms with van der Waals surface area (Å²) < 4.78 is 77.2. The molecule has 1 aliphatic heterocycles. The fourth-order valence-electron chi connectivity index (χ4n) is 4.56. The minimum Gasteiger partial charge on any atom is -0.403 e. The molecular formula is C24H22F5N5O5. The van der Waals surface area contributed by atoms with Crippen molar-refractivity contribution >= 4 is 28.5 Å². The second-order valence-corrected chi connectivity index (χ2v) is 8.84. The molecule has 2 amide bonds. The molecule has 1 aromatic carbocycles. The van der Waals surface area contributed by atoms with Crippen LogP contribution >= 0.6 is 0 Å². The molecule has 4 rings (SSSR count). The number of nitrogens with zero attached hydrogens (tertiary/aromatic N) is 4. The van der Waals surface area contributed by atoms with Gasteiger partial charge in [0.1, 0.15) is 24.9 Å². The quantitative estimate of drug-likeness (QED) is 0.422. The average Bonchev–Trinajstić information content (AvgIpc) is 3.37. The summed E-state index contributed by atoms with van der Waals surface area (Å²) in [7, 11) is 1.12. The maximum Gasteiger partial charge on any atom is 0.573 e. The highest BCUT2D eigenvalue weighted by molar-refractivity contribution is 6.04. The van der Waals surface area contributed by atoms with E-state index < -0.39 is 78.9 Å². The molecule has 0 spiro atoms. The fourth-order valence-corrected chi connectivity index (χ4v) is 4.56. The van der Waals surface area contributed by atoms with Crippen LogP contribution in [0.3, 0.4) is 0 Å². The number of methoxy groups -OCH3 is 1. The SMILES string of the molecule is CO[C@H]1[C@@H](C(=O)Cc2cccc(OC(F)(F)F)c2F)N(C(=O)Cn2nc(C(N)=O)c3cc(C)ncc32)C[C@@H]1F. The highest BCUT2D eigenvalue weighted by atomic mass is 19.4. The summed E-state index contributed by atoms with van der Waals surface area (Å²) >= 11 is 0. The molecule has 2 aromatic heterocycles. The predicted molar refractivity (Wildman–Crippen MR) is 124 cm³/mol. The Morgan fingerprint density at radius 3 is 2.59 bits per heavy atom. The number of aromatic nitrogens is 3. The Bertz CT molecular complexity index is 1440. The van der Waals surface area contributed by atoms with E-state index in [9.17, 15) is 36.3 Å². The van der Waals surface area contributed by atoms with E-state index in [1.165, 1.54) is 6.20 Å². The lowest BCUT2D eigenvalue weighted by Crippen LogP contribution is -2.47. The molecule has 0 saturated carbocycles. The zero-order valence-electron chi connectivity index (χ0n) is 20.5. The number of aryl methyl sites for hydroxylation is 1. The van der Waals surface area contributed by atoms with Crippen molar-refractivity contribution in [1.29, 1.82) is 0 Å². The van der Waals surface area contributed by atoms with Gasteiger partial charge in [0.25, 0.3) is 5.91 Å². The first-order valence-electron chi connectivity index (χ1n) is 11.5. The normalized spacial score (nSPS) is 19.5. The van der Waals surface area contributed by atoms with E-state index >= 15 is 0 Å². The van der Waals surface area contributed by atoms with Crippen LogP contribution in [0.2, 0.25) is 0 Å². The maximum absolute atomic E-state index is 14.8. The van der Waals surface area contributed by atoms with Gasteiger partial charge in [0.15, 0.2) is 23.0 Å². The molecule has 0 aliphatic carbocycles. The van der Waals surface area contributed by atoms with Crippen molar-refractivity contribution < 1.29 is 45.8 Å². The Balaban J connectivity index is 1.61. The minimum atomic E-state index is -5.17. The predicted octanol–water partition coefficient (Wildman–Crippen LogP) is 2.25. The number of ether oxygens (including phenoxy) is 2. The number of rotatable bonds is 8. The molecule has 208 valence electrons. The third-order valence-electron chi connectivity index (χ3n) is 6.22. The Morgan fingerprint density at radius 2 is 1.95 bits per heavy atom. The first-order valence-corrected chi connectivity index (χ1v) is 11.5.